The molecule has 2 N–H and O–H groups in total. The van der Waals surface area contributed by atoms with Crippen molar-refractivity contribution in [1.29, 1.82) is 0 Å². The fourth-order valence-electron chi connectivity index (χ4n) is 3.48. The van der Waals surface area contributed by atoms with E-state index in [1.807, 2.05) is 31.2 Å². The molecule has 2 atom stereocenters. The number of fused-ring (bicyclic) bond motifs is 1. The van der Waals surface area contributed by atoms with Crippen molar-refractivity contribution in [2.45, 2.75) is 31.9 Å². The molecule has 4 amide bonds. The number of halogens is 1. The van der Waals surface area contributed by atoms with Crippen LogP contribution in [0.2, 0.25) is 0 Å². The molecule has 0 bridgehead atoms. The van der Waals surface area contributed by atoms with Crippen molar-refractivity contribution in [1.82, 2.24) is 5.32 Å². The number of hydrogen-bond donors (Lipinski definition) is 2. The van der Waals surface area contributed by atoms with Crippen molar-refractivity contribution in [2.75, 3.05) is 10.2 Å². The molecule has 2 heterocycles. The summed E-state index contributed by atoms with van der Waals surface area (Å²) in [5, 5.41) is 5.46. The number of benzene rings is 2. The molecule has 28 heavy (non-hydrogen) atoms. The molecule has 144 valence electrons. The van der Waals surface area contributed by atoms with Crippen LogP contribution in [-0.4, -0.2) is 23.9 Å². The summed E-state index contributed by atoms with van der Waals surface area (Å²) in [5.41, 5.74) is 0.979. The molecule has 2 aliphatic rings. The Bertz CT molecular complexity index is 962. The molecular formula is C20H18FN3O4. The van der Waals surface area contributed by atoms with Gasteiger partial charge in [-0.05, 0) is 31.2 Å². The average molecular weight is 383 g/mol. The number of anilines is 2. The van der Waals surface area contributed by atoms with Gasteiger partial charge in [0.15, 0.2) is 0 Å². The van der Waals surface area contributed by atoms with E-state index in [2.05, 4.69) is 10.6 Å². The van der Waals surface area contributed by atoms with Crippen LogP contribution >= 0.6 is 0 Å². The molecular weight excluding hydrogens is 365 g/mol. The van der Waals surface area contributed by atoms with Gasteiger partial charge >= 0.3 is 6.03 Å². The van der Waals surface area contributed by atoms with Crippen LogP contribution in [0.5, 0.6) is 5.75 Å². The van der Waals surface area contributed by atoms with Crippen molar-refractivity contribution >= 4 is 29.2 Å². The van der Waals surface area contributed by atoms with E-state index in [4.69, 9.17) is 4.74 Å². The molecule has 4 rings (SSSR count). The number of imide groups is 1. The number of urea groups is 1. The third kappa shape index (κ3) is 3.17. The first kappa shape index (κ1) is 18.0. The van der Waals surface area contributed by atoms with Crippen molar-refractivity contribution in [3.8, 4) is 5.75 Å². The van der Waals surface area contributed by atoms with E-state index in [1.165, 1.54) is 12.1 Å². The number of carbonyl (C=O) groups excluding carboxylic acids is 3. The molecule has 2 aliphatic heterocycles. The van der Waals surface area contributed by atoms with Crippen LogP contribution in [0.3, 0.4) is 0 Å². The van der Waals surface area contributed by atoms with Crippen LogP contribution < -0.4 is 20.3 Å². The molecule has 7 nitrogen and oxygen atoms in total. The summed E-state index contributed by atoms with van der Waals surface area (Å²) in [6, 6.07) is 10.3. The Morgan fingerprint density at radius 2 is 1.86 bits per heavy atom. The van der Waals surface area contributed by atoms with E-state index in [9.17, 15) is 18.8 Å². The van der Waals surface area contributed by atoms with Crippen molar-refractivity contribution in [3.63, 3.8) is 0 Å². The standard InChI is InChI=1S/C20H18FN3O4/c1-11-19(13-4-2-3-5-16(13)28-11)23-20(27)22-12-6-7-14(21)15(10-12)24-17(25)8-9-18(24)26/h2-7,10-11,19H,8-9H2,1H3,(H2,22,23,27). The molecule has 1 fully saturated rings. The van der Waals surface area contributed by atoms with Crippen molar-refractivity contribution in [2.24, 2.45) is 0 Å². The summed E-state index contributed by atoms with van der Waals surface area (Å²) >= 11 is 0. The highest BCUT2D eigenvalue weighted by Crippen LogP contribution is 2.36. The Labute approximate surface area is 160 Å². The maximum absolute atomic E-state index is 14.2. The Morgan fingerprint density at radius 3 is 2.61 bits per heavy atom. The van der Waals surface area contributed by atoms with E-state index >= 15 is 0 Å². The highest BCUT2D eigenvalue weighted by Gasteiger charge is 2.33. The molecule has 2 aromatic carbocycles. The third-order valence-corrected chi connectivity index (χ3v) is 4.82. The van der Waals surface area contributed by atoms with Crippen LogP contribution in [0.4, 0.5) is 20.6 Å². The minimum Gasteiger partial charge on any atom is -0.488 e. The van der Waals surface area contributed by atoms with E-state index in [0.29, 0.717) is 0 Å². The lowest BCUT2D eigenvalue weighted by atomic mass is 10.1. The van der Waals surface area contributed by atoms with Gasteiger partial charge in [-0.2, -0.15) is 0 Å². The minimum atomic E-state index is -0.707. The number of amides is 4. The number of nitrogens with one attached hydrogen (secondary N) is 2. The molecule has 1 saturated heterocycles. The van der Waals surface area contributed by atoms with E-state index in [1.54, 1.807) is 0 Å². The fourth-order valence-corrected chi connectivity index (χ4v) is 3.48. The highest BCUT2D eigenvalue weighted by atomic mass is 19.1. The van der Waals surface area contributed by atoms with Crippen molar-refractivity contribution in [3.05, 3.63) is 53.8 Å². The second-order valence-electron chi connectivity index (χ2n) is 6.73. The summed E-state index contributed by atoms with van der Waals surface area (Å²) in [5.74, 6) is -0.908. The summed E-state index contributed by atoms with van der Waals surface area (Å²) < 4.78 is 19.9. The molecule has 8 heteroatoms. The predicted octanol–water partition coefficient (Wildman–Crippen LogP) is 3.12. The zero-order chi connectivity index (χ0) is 19.8. The Balaban J connectivity index is 1.50. The number of hydrogen-bond acceptors (Lipinski definition) is 4. The number of para-hydroxylation sites is 1. The number of carbonyl (C=O) groups is 3. The predicted molar refractivity (Wildman–Crippen MR) is 99.6 cm³/mol. The second-order valence-corrected chi connectivity index (χ2v) is 6.73. The fraction of sp³-hybridized carbons (Fsp3) is 0.250. The SMILES string of the molecule is CC1Oc2ccccc2C1NC(=O)Nc1ccc(F)c(N2C(=O)CCC2=O)c1. The zero-order valence-electron chi connectivity index (χ0n) is 15.1. The maximum Gasteiger partial charge on any atom is 0.319 e. The summed E-state index contributed by atoms with van der Waals surface area (Å²) in [7, 11) is 0. The second kappa shape index (κ2) is 6.95. The lowest BCUT2D eigenvalue weighted by Crippen LogP contribution is -2.37. The number of ether oxygens (including phenoxy) is 1. The Kier molecular flexibility index (Phi) is 4.46. The third-order valence-electron chi connectivity index (χ3n) is 4.82. The smallest absolute Gasteiger partial charge is 0.319 e. The molecule has 0 radical (unpaired) electrons. The van der Waals surface area contributed by atoms with Crippen LogP contribution in [0.15, 0.2) is 42.5 Å². The summed E-state index contributed by atoms with van der Waals surface area (Å²) in [4.78, 5) is 37.0. The first-order valence-electron chi connectivity index (χ1n) is 8.92. The van der Waals surface area contributed by atoms with Crippen LogP contribution in [0, 0.1) is 5.82 Å². The van der Waals surface area contributed by atoms with E-state index < -0.39 is 23.7 Å². The highest BCUT2D eigenvalue weighted by molar-refractivity contribution is 6.20. The van der Waals surface area contributed by atoms with Gasteiger partial charge in [0.1, 0.15) is 17.7 Å². The first-order chi connectivity index (χ1) is 13.4. The van der Waals surface area contributed by atoms with E-state index in [-0.39, 0.29) is 36.4 Å². The van der Waals surface area contributed by atoms with Crippen LogP contribution in [0.1, 0.15) is 31.4 Å². The maximum atomic E-state index is 14.2. The topological polar surface area (TPSA) is 87.7 Å². The Morgan fingerprint density at radius 1 is 1.14 bits per heavy atom. The summed E-state index contributed by atoms with van der Waals surface area (Å²) in [6.45, 7) is 1.85. The van der Waals surface area contributed by atoms with Crippen LogP contribution in [-0.2, 0) is 9.59 Å². The van der Waals surface area contributed by atoms with Gasteiger partial charge in [-0.15, -0.1) is 0 Å². The number of rotatable bonds is 3. The van der Waals surface area contributed by atoms with Gasteiger partial charge in [0.05, 0.1) is 11.7 Å². The average Bonchev–Trinajstić information content (AvgIpc) is 3.16. The molecule has 0 aromatic heterocycles. The molecule has 0 saturated carbocycles. The Hall–Kier alpha value is -3.42. The lowest BCUT2D eigenvalue weighted by Gasteiger charge is -2.19. The van der Waals surface area contributed by atoms with Gasteiger partial charge in [-0.1, -0.05) is 18.2 Å². The van der Waals surface area contributed by atoms with Gasteiger partial charge in [0.2, 0.25) is 11.8 Å². The quantitative estimate of drug-likeness (QED) is 0.797. The van der Waals surface area contributed by atoms with Crippen molar-refractivity contribution < 1.29 is 23.5 Å². The zero-order valence-corrected chi connectivity index (χ0v) is 15.1. The molecule has 2 unspecified atom stereocenters. The van der Waals surface area contributed by atoms with E-state index in [0.717, 1.165) is 22.3 Å². The monoisotopic (exact) mass is 383 g/mol. The molecule has 0 spiro atoms. The van der Waals surface area contributed by atoms with Gasteiger partial charge in [0, 0.05) is 24.1 Å². The summed E-state index contributed by atoms with van der Waals surface area (Å²) in [6.07, 6.45) is -0.142. The number of nitrogens with zero attached hydrogens (tertiary/aromatic N) is 1. The first-order valence-corrected chi connectivity index (χ1v) is 8.92. The molecule has 2 aromatic rings. The molecule has 0 aliphatic carbocycles. The van der Waals surface area contributed by atoms with Gasteiger partial charge in [-0.25, -0.2) is 14.1 Å². The van der Waals surface area contributed by atoms with Crippen LogP contribution in [0.25, 0.3) is 0 Å². The van der Waals surface area contributed by atoms with Gasteiger partial charge < -0.3 is 15.4 Å². The van der Waals surface area contributed by atoms with Gasteiger partial charge in [0.25, 0.3) is 0 Å². The normalized spacial score (nSPS) is 20.7. The lowest BCUT2D eigenvalue weighted by molar-refractivity contribution is -0.121. The largest absolute Gasteiger partial charge is 0.488 e. The van der Waals surface area contributed by atoms with Gasteiger partial charge in [-0.3, -0.25) is 9.59 Å². The minimum absolute atomic E-state index is 0.0510.